The molecule has 3 aromatic rings. The highest BCUT2D eigenvalue weighted by Gasteiger charge is 2.22. The van der Waals surface area contributed by atoms with Crippen molar-refractivity contribution in [3.05, 3.63) is 64.6 Å². The van der Waals surface area contributed by atoms with Crippen LogP contribution in [0.25, 0.3) is 10.8 Å². The van der Waals surface area contributed by atoms with E-state index in [0.29, 0.717) is 22.1 Å². The fraction of sp³-hybridized carbons (Fsp3) is 0.227. The average molecular weight is 421 g/mol. The van der Waals surface area contributed by atoms with Crippen LogP contribution in [0.2, 0.25) is 0 Å². The summed E-state index contributed by atoms with van der Waals surface area (Å²) in [6.07, 6.45) is 0. The first-order valence-corrected chi connectivity index (χ1v) is 9.73. The molecule has 0 spiro atoms. The quantitative estimate of drug-likeness (QED) is 0.632. The first-order chi connectivity index (χ1) is 14.8. The molecule has 0 fully saturated rings. The average Bonchev–Trinajstić information content (AvgIpc) is 2.75. The Bertz CT molecular complexity index is 1200. The maximum atomic E-state index is 13.1. The van der Waals surface area contributed by atoms with Gasteiger partial charge in [-0.1, -0.05) is 18.2 Å². The maximum absolute atomic E-state index is 13.1. The number of hydrogen-bond donors (Lipinski definition) is 2. The smallest absolute Gasteiger partial charge is 0.275 e. The Morgan fingerprint density at radius 3 is 2.13 bits per heavy atom. The summed E-state index contributed by atoms with van der Waals surface area (Å²) < 4.78 is 1.13. The number of benzene rings is 2. The minimum absolute atomic E-state index is 0.118. The number of fused-ring (bicyclic) bond motifs is 1. The third-order valence-electron chi connectivity index (χ3n) is 4.65. The summed E-state index contributed by atoms with van der Waals surface area (Å²) in [7, 11) is 1.49. The van der Waals surface area contributed by atoms with Crippen LogP contribution in [0, 0.1) is 0 Å². The standard InChI is InChI=1S/C22H23N5O4/c1-4-27(13-19(29)24-16-11-9-15(10-12-16)23-14(2)28)22(31)20-17-7-5-6-8-18(17)21(30)26(3)25-20/h5-12H,4,13H2,1-3H3,(H,23,28)(H,24,29). The Balaban J connectivity index is 1.77. The van der Waals surface area contributed by atoms with Crippen LogP contribution in [0.15, 0.2) is 53.3 Å². The fourth-order valence-electron chi connectivity index (χ4n) is 3.15. The van der Waals surface area contributed by atoms with Gasteiger partial charge in [0.1, 0.15) is 6.54 Å². The van der Waals surface area contributed by atoms with E-state index >= 15 is 0 Å². The summed E-state index contributed by atoms with van der Waals surface area (Å²) in [5, 5.41) is 10.4. The molecular weight excluding hydrogens is 398 g/mol. The van der Waals surface area contributed by atoms with Crippen molar-refractivity contribution in [1.29, 1.82) is 0 Å². The van der Waals surface area contributed by atoms with Crippen molar-refractivity contribution in [1.82, 2.24) is 14.7 Å². The van der Waals surface area contributed by atoms with Gasteiger partial charge >= 0.3 is 0 Å². The highest BCUT2D eigenvalue weighted by Crippen LogP contribution is 2.16. The third kappa shape index (κ3) is 4.95. The molecule has 2 aromatic carbocycles. The summed E-state index contributed by atoms with van der Waals surface area (Å²) in [4.78, 5) is 50.4. The Hall–Kier alpha value is -4.01. The number of anilines is 2. The second kappa shape index (κ2) is 9.21. The van der Waals surface area contributed by atoms with Gasteiger partial charge in [0.25, 0.3) is 11.5 Å². The number of aromatic nitrogens is 2. The molecule has 31 heavy (non-hydrogen) atoms. The molecule has 0 radical (unpaired) electrons. The van der Waals surface area contributed by atoms with Crippen LogP contribution < -0.4 is 16.2 Å². The lowest BCUT2D eigenvalue weighted by molar-refractivity contribution is -0.117. The van der Waals surface area contributed by atoms with E-state index in [-0.39, 0.29) is 36.2 Å². The molecule has 1 heterocycles. The number of nitrogens with one attached hydrogen (secondary N) is 2. The van der Waals surface area contributed by atoms with Crippen LogP contribution in [0.3, 0.4) is 0 Å². The van der Waals surface area contributed by atoms with Crippen molar-refractivity contribution >= 4 is 39.9 Å². The van der Waals surface area contributed by atoms with E-state index in [2.05, 4.69) is 15.7 Å². The van der Waals surface area contributed by atoms with Crippen molar-refractivity contribution in [2.45, 2.75) is 13.8 Å². The molecule has 0 aliphatic carbocycles. The van der Waals surface area contributed by atoms with Gasteiger partial charge in [0.2, 0.25) is 11.8 Å². The SMILES string of the molecule is CCN(CC(=O)Nc1ccc(NC(C)=O)cc1)C(=O)c1nn(C)c(=O)c2ccccc12. The molecule has 3 amide bonds. The van der Waals surface area contributed by atoms with Crippen molar-refractivity contribution in [3.8, 4) is 0 Å². The van der Waals surface area contributed by atoms with E-state index in [1.165, 1.54) is 18.9 Å². The molecule has 0 aliphatic rings. The molecular formula is C22H23N5O4. The van der Waals surface area contributed by atoms with Gasteiger partial charge in [-0.2, -0.15) is 5.10 Å². The number of nitrogens with zero attached hydrogens (tertiary/aromatic N) is 3. The summed E-state index contributed by atoms with van der Waals surface area (Å²) in [5.41, 5.74) is 0.972. The van der Waals surface area contributed by atoms with Gasteiger partial charge < -0.3 is 15.5 Å². The van der Waals surface area contributed by atoms with Gasteiger partial charge in [0, 0.05) is 37.3 Å². The highest BCUT2D eigenvalue weighted by atomic mass is 16.2. The molecule has 0 saturated heterocycles. The van der Waals surface area contributed by atoms with Crippen molar-refractivity contribution in [3.63, 3.8) is 0 Å². The first kappa shape index (κ1) is 21.7. The zero-order valence-electron chi connectivity index (χ0n) is 17.5. The van der Waals surface area contributed by atoms with Crippen LogP contribution in [0.1, 0.15) is 24.3 Å². The van der Waals surface area contributed by atoms with Crippen molar-refractivity contribution in [2.75, 3.05) is 23.7 Å². The molecule has 3 rings (SSSR count). The van der Waals surface area contributed by atoms with Crippen molar-refractivity contribution in [2.24, 2.45) is 7.05 Å². The summed E-state index contributed by atoms with van der Waals surface area (Å²) in [6.45, 7) is 3.28. The van der Waals surface area contributed by atoms with E-state index < -0.39 is 5.91 Å². The van der Waals surface area contributed by atoms with Crippen LogP contribution >= 0.6 is 0 Å². The normalized spacial score (nSPS) is 10.5. The predicted octanol–water partition coefficient (Wildman–Crippen LogP) is 1.99. The van der Waals surface area contributed by atoms with Gasteiger partial charge in [-0.25, -0.2) is 4.68 Å². The minimum atomic E-state index is -0.439. The summed E-state index contributed by atoms with van der Waals surface area (Å²) in [6, 6.07) is 13.4. The molecule has 2 N–H and O–H groups in total. The van der Waals surface area contributed by atoms with E-state index in [0.717, 1.165) is 4.68 Å². The number of likely N-dealkylation sites (N-methyl/N-ethyl adjacent to an activating group) is 1. The fourth-order valence-corrected chi connectivity index (χ4v) is 3.15. The molecule has 1 aromatic heterocycles. The summed E-state index contributed by atoms with van der Waals surface area (Å²) >= 11 is 0. The Morgan fingerprint density at radius 2 is 1.55 bits per heavy atom. The van der Waals surface area contributed by atoms with E-state index in [9.17, 15) is 19.2 Å². The van der Waals surface area contributed by atoms with E-state index in [1.807, 2.05) is 0 Å². The maximum Gasteiger partial charge on any atom is 0.275 e. The molecule has 0 unspecified atom stereocenters. The Morgan fingerprint density at radius 1 is 0.968 bits per heavy atom. The monoisotopic (exact) mass is 421 g/mol. The number of rotatable bonds is 6. The molecule has 0 aliphatic heterocycles. The third-order valence-corrected chi connectivity index (χ3v) is 4.65. The van der Waals surface area contributed by atoms with Gasteiger partial charge in [-0.05, 0) is 37.3 Å². The number of amides is 3. The van der Waals surface area contributed by atoms with Crippen LogP contribution in [-0.2, 0) is 16.6 Å². The minimum Gasteiger partial charge on any atom is -0.328 e. The second-order valence-electron chi connectivity index (χ2n) is 6.95. The molecule has 0 saturated carbocycles. The molecule has 160 valence electrons. The zero-order valence-corrected chi connectivity index (χ0v) is 17.5. The molecule has 9 nitrogen and oxygen atoms in total. The lowest BCUT2D eigenvalue weighted by atomic mass is 10.1. The van der Waals surface area contributed by atoms with Crippen LogP contribution in [0.4, 0.5) is 11.4 Å². The topological polar surface area (TPSA) is 113 Å². The lowest BCUT2D eigenvalue weighted by Crippen LogP contribution is -2.39. The van der Waals surface area contributed by atoms with Crippen molar-refractivity contribution < 1.29 is 14.4 Å². The van der Waals surface area contributed by atoms with Gasteiger partial charge in [0.05, 0.1) is 5.39 Å². The molecule has 0 bridgehead atoms. The number of carbonyl (C=O) groups is 3. The van der Waals surface area contributed by atoms with Crippen LogP contribution in [0.5, 0.6) is 0 Å². The molecule has 9 heteroatoms. The Kier molecular flexibility index (Phi) is 6.44. The lowest BCUT2D eigenvalue weighted by Gasteiger charge is -2.21. The highest BCUT2D eigenvalue weighted by molar-refractivity contribution is 6.06. The number of aryl methyl sites for hydroxylation is 1. The Labute approximate surface area is 178 Å². The largest absolute Gasteiger partial charge is 0.328 e. The summed E-state index contributed by atoms with van der Waals surface area (Å²) in [5.74, 6) is -1.00. The van der Waals surface area contributed by atoms with Gasteiger partial charge in [-0.3, -0.25) is 19.2 Å². The van der Waals surface area contributed by atoms with Gasteiger partial charge in [0.15, 0.2) is 5.69 Å². The van der Waals surface area contributed by atoms with E-state index in [4.69, 9.17) is 0 Å². The predicted molar refractivity (Wildman–Crippen MR) is 118 cm³/mol. The van der Waals surface area contributed by atoms with Crippen LogP contribution in [-0.4, -0.2) is 45.5 Å². The first-order valence-electron chi connectivity index (χ1n) is 9.73. The van der Waals surface area contributed by atoms with Gasteiger partial charge in [-0.15, -0.1) is 0 Å². The number of hydrogen-bond acceptors (Lipinski definition) is 5. The second-order valence-corrected chi connectivity index (χ2v) is 6.95. The van der Waals surface area contributed by atoms with E-state index in [1.54, 1.807) is 55.5 Å². The zero-order chi connectivity index (χ0) is 22.5. The number of carbonyl (C=O) groups excluding carboxylic acids is 3. The molecule has 0 atom stereocenters.